The van der Waals surface area contributed by atoms with Crippen molar-refractivity contribution in [3.05, 3.63) is 52.4 Å². The first-order chi connectivity index (χ1) is 13.2. The smallest absolute Gasteiger partial charge is 0.229 e. The highest BCUT2D eigenvalue weighted by Gasteiger charge is 2.26. The zero-order chi connectivity index (χ0) is 18.6. The first kappa shape index (κ1) is 18.2. The number of rotatable bonds is 5. The number of piperidine rings is 1. The van der Waals surface area contributed by atoms with Gasteiger partial charge in [0.15, 0.2) is 0 Å². The molecule has 3 aromatic rings. The van der Waals surface area contributed by atoms with E-state index in [0.29, 0.717) is 24.1 Å². The summed E-state index contributed by atoms with van der Waals surface area (Å²) in [6.07, 6.45) is 5.40. The van der Waals surface area contributed by atoms with Gasteiger partial charge in [-0.15, -0.1) is 0 Å². The minimum absolute atomic E-state index is 0.00829. The molecule has 0 saturated carbocycles. The molecular weight excluding hydrogens is 382 g/mol. The van der Waals surface area contributed by atoms with Crippen molar-refractivity contribution in [2.24, 2.45) is 5.92 Å². The summed E-state index contributed by atoms with van der Waals surface area (Å²) < 4.78 is 1.94. The molecule has 4 rings (SSSR count). The average molecular weight is 402 g/mol. The Labute approximate surface area is 166 Å². The highest BCUT2D eigenvalue weighted by Crippen LogP contribution is 2.22. The summed E-state index contributed by atoms with van der Waals surface area (Å²) in [5.74, 6) is 0.492. The maximum atomic E-state index is 12.6. The van der Waals surface area contributed by atoms with E-state index in [-0.39, 0.29) is 11.8 Å². The first-order valence-electron chi connectivity index (χ1n) is 8.88. The number of carbonyl (C=O) groups is 1. The van der Waals surface area contributed by atoms with Gasteiger partial charge < -0.3 is 5.32 Å². The molecule has 0 spiro atoms. The van der Waals surface area contributed by atoms with Crippen molar-refractivity contribution in [2.45, 2.75) is 19.5 Å². The number of pyridine rings is 1. The molecule has 0 radical (unpaired) electrons. The molecule has 1 unspecified atom stereocenters. The maximum Gasteiger partial charge on any atom is 0.229 e. The number of aromatic nitrogens is 3. The SMILES string of the molecule is O=C(Nc1ccc(Cl)cn1)C1CCCN(Cn2ccc(-c3ccsc3)n2)C1. The molecule has 1 fully saturated rings. The molecule has 1 saturated heterocycles. The average Bonchev–Trinajstić information content (AvgIpc) is 3.35. The van der Waals surface area contributed by atoms with Crippen molar-refractivity contribution < 1.29 is 4.79 Å². The topological polar surface area (TPSA) is 63.1 Å². The lowest BCUT2D eigenvalue weighted by Gasteiger charge is -2.31. The van der Waals surface area contributed by atoms with Gasteiger partial charge in [0.05, 0.1) is 23.3 Å². The van der Waals surface area contributed by atoms with E-state index in [1.165, 1.54) is 6.20 Å². The van der Waals surface area contributed by atoms with Crippen molar-refractivity contribution in [2.75, 3.05) is 18.4 Å². The Morgan fingerprint density at radius 1 is 1.33 bits per heavy atom. The number of likely N-dealkylation sites (tertiary alicyclic amines) is 1. The summed E-state index contributed by atoms with van der Waals surface area (Å²) in [5, 5.41) is 12.2. The number of thiophene rings is 1. The van der Waals surface area contributed by atoms with Crippen LogP contribution in [-0.4, -0.2) is 38.7 Å². The lowest BCUT2D eigenvalue weighted by Crippen LogP contribution is -2.41. The van der Waals surface area contributed by atoms with E-state index < -0.39 is 0 Å². The molecule has 0 aliphatic carbocycles. The van der Waals surface area contributed by atoms with Gasteiger partial charge in [0.2, 0.25) is 5.91 Å². The van der Waals surface area contributed by atoms with E-state index in [0.717, 1.165) is 30.6 Å². The molecule has 0 bridgehead atoms. The zero-order valence-electron chi connectivity index (χ0n) is 14.7. The second-order valence-electron chi connectivity index (χ2n) is 6.66. The third-order valence-electron chi connectivity index (χ3n) is 4.66. The summed E-state index contributed by atoms with van der Waals surface area (Å²) in [7, 11) is 0. The predicted octanol–water partition coefficient (Wildman–Crippen LogP) is 3.97. The van der Waals surface area contributed by atoms with E-state index >= 15 is 0 Å². The van der Waals surface area contributed by atoms with E-state index in [1.807, 2.05) is 16.9 Å². The van der Waals surface area contributed by atoms with Crippen molar-refractivity contribution in [1.29, 1.82) is 0 Å². The Bertz CT molecular complexity index is 893. The van der Waals surface area contributed by atoms with Crippen LogP contribution in [0.3, 0.4) is 0 Å². The fourth-order valence-corrected chi connectivity index (χ4v) is 4.05. The number of hydrogen-bond donors (Lipinski definition) is 1. The lowest BCUT2D eigenvalue weighted by atomic mass is 9.97. The van der Waals surface area contributed by atoms with Gasteiger partial charge in [-0.05, 0) is 49.0 Å². The number of carbonyl (C=O) groups excluding carboxylic acids is 1. The van der Waals surface area contributed by atoms with Crippen molar-refractivity contribution in [3.63, 3.8) is 0 Å². The van der Waals surface area contributed by atoms with E-state index in [1.54, 1.807) is 23.5 Å². The van der Waals surface area contributed by atoms with Crippen LogP contribution in [0.15, 0.2) is 47.4 Å². The highest BCUT2D eigenvalue weighted by atomic mass is 35.5. The molecule has 1 aliphatic heterocycles. The van der Waals surface area contributed by atoms with Crippen LogP contribution in [0, 0.1) is 5.92 Å². The van der Waals surface area contributed by atoms with E-state index in [2.05, 4.69) is 37.1 Å². The molecule has 3 aromatic heterocycles. The van der Waals surface area contributed by atoms with Crippen LogP contribution in [0.4, 0.5) is 5.82 Å². The molecule has 4 heterocycles. The van der Waals surface area contributed by atoms with Crippen LogP contribution in [0.25, 0.3) is 11.3 Å². The van der Waals surface area contributed by atoms with Crippen LogP contribution in [0.1, 0.15) is 12.8 Å². The molecule has 8 heteroatoms. The molecule has 140 valence electrons. The van der Waals surface area contributed by atoms with Gasteiger partial charge in [-0.25, -0.2) is 4.98 Å². The normalized spacial score (nSPS) is 17.7. The van der Waals surface area contributed by atoms with Gasteiger partial charge in [0.25, 0.3) is 0 Å². The third-order valence-corrected chi connectivity index (χ3v) is 5.56. The Hall–Kier alpha value is -2.22. The second kappa shape index (κ2) is 8.21. The molecule has 0 aromatic carbocycles. The molecule has 1 atom stereocenters. The summed E-state index contributed by atoms with van der Waals surface area (Å²) in [5.41, 5.74) is 2.13. The minimum atomic E-state index is -0.0527. The molecule has 27 heavy (non-hydrogen) atoms. The quantitative estimate of drug-likeness (QED) is 0.702. The Morgan fingerprint density at radius 3 is 3.04 bits per heavy atom. The number of halogens is 1. The number of anilines is 1. The van der Waals surface area contributed by atoms with Crippen LogP contribution in [0.5, 0.6) is 0 Å². The van der Waals surface area contributed by atoms with Gasteiger partial charge in [0, 0.05) is 29.9 Å². The first-order valence-corrected chi connectivity index (χ1v) is 10.2. The minimum Gasteiger partial charge on any atom is -0.310 e. The van der Waals surface area contributed by atoms with Gasteiger partial charge in [-0.3, -0.25) is 14.4 Å². The van der Waals surface area contributed by atoms with Gasteiger partial charge in [-0.2, -0.15) is 16.4 Å². The number of amides is 1. The second-order valence-corrected chi connectivity index (χ2v) is 7.88. The van der Waals surface area contributed by atoms with Gasteiger partial charge >= 0.3 is 0 Å². The standard InChI is InChI=1S/C19H20ClN5OS/c20-16-3-4-18(21-10-16)22-19(26)14-2-1-7-24(11-14)13-25-8-5-17(23-25)15-6-9-27-12-15/h3-6,8-10,12,14H,1-2,7,11,13H2,(H,21,22,26). The largest absolute Gasteiger partial charge is 0.310 e. The Morgan fingerprint density at radius 2 is 2.26 bits per heavy atom. The third kappa shape index (κ3) is 4.55. The number of nitrogens with one attached hydrogen (secondary N) is 1. The van der Waals surface area contributed by atoms with E-state index in [9.17, 15) is 4.79 Å². The summed E-state index contributed by atoms with van der Waals surface area (Å²) in [6, 6.07) is 7.54. The van der Waals surface area contributed by atoms with Gasteiger partial charge in [-0.1, -0.05) is 11.6 Å². The predicted molar refractivity (Wildman–Crippen MR) is 108 cm³/mol. The van der Waals surface area contributed by atoms with Crippen LogP contribution < -0.4 is 5.32 Å². The fraction of sp³-hybridized carbons (Fsp3) is 0.316. The summed E-state index contributed by atoms with van der Waals surface area (Å²) in [4.78, 5) is 19.0. The van der Waals surface area contributed by atoms with Gasteiger partial charge in [0.1, 0.15) is 5.82 Å². The zero-order valence-corrected chi connectivity index (χ0v) is 16.3. The molecule has 1 amide bonds. The molecule has 6 nitrogen and oxygen atoms in total. The number of hydrogen-bond acceptors (Lipinski definition) is 5. The lowest BCUT2D eigenvalue weighted by molar-refractivity contribution is -0.121. The molecular formula is C19H20ClN5OS. The fourth-order valence-electron chi connectivity index (χ4n) is 3.29. The van der Waals surface area contributed by atoms with Crippen LogP contribution >= 0.6 is 22.9 Å². The number of nitrogens with zero attached hydrogens (tertiary/aromatic N) is 4. The maximum absolute atomic E-state index is 12.6. The van der Waals surface area contributed by atoms with Crippen LogP contribution in [0.2, 0.25) is 5.02 Å². The Balaban J connectivity index is 1.35. The van der Waals surface area contributed by atoms with Crippen molar-refractivity contribution >= 4 is 34.7 Å². The Kier molecular flexibility index (Phi) is 5.52. The molecule has 1 aliphatic rings. The highest BCUT2D eigenvalue weighted by molar-refractivity contribution is 7.08. The van der Waals surface area contributed by atoms with Crippen molar-refractivity contribution in [3.8, 4) is 11.3 Å². The van der Waals surface area contributed by atoms with Crippen LogP contribution in [-0.2, 0) is 11.5 Å². The van der Waals surface area contributed by atoms with E-state index in [4.69, 9.17) is 11.6 Å². The molecule has 1 N–H and O–H groups in total. The summed E-state index contributed by atoms with van der Waals surface area (Å²) in [6.45, 7) is 2.37. The summed E-state index contributed by atoms with van der Waals surface area (Å²) >= 11 is 7.51. The monoisotopic (exact) mass is 401 g/mol. The van der Waals surface area contributed by atoms with Crippen molar-refractivity contribution in [1.82, 2.24) is 19.7 Å².